The van der Waals surface area contributed by atoms with Gasteiger partial charge in [-0.25, -0.2) is 0 Å². The van der Waals surface area contributed by atoms with Crippen LogP contribution in [0.25, 0.3) is 5.57 Å². The molecule has 2 aliphatic heterocycles. The summed E-state index contributed by atoms with van der Waals surface area (Å²) in [6.45, 7) is 4.90. The fraction of sp³-hybridized carbons (Fsp3) is 0.385. The van der Waals surface area contributed by atoms with Gasteiger partial charge in [0.1, 0.15) is 11.6 Å². The van der Waals surface area contributed by atoms with E-state index in [9.17, 15) is 9.59 Å². The summed E-state index contributed by atoms with van der Waals surface area (Å²) >= 11 is 0. The highest BCUT2D eigenvalue weighted by molar-refractivity contribution is 6.03. The van der Waals surface area contributed by atoms with Crippen molar-refractivity contribution in [3.05, 3.63) is 77.9 Å². The van der Waals surface area contributed by atoms with Crippen LogP contribution in [0.2, 0.25) is 0 Å². The number of piperazine rings is 1. The van der Waals surface area contributed by atoms with Gasteiger partial charge >= 0.3 is 0 Å². The molecule has 2 fully saturated rings. The Morgan fingerprint density at radius 3 is 2.13 bits per heavy atom. The summed E-state index contributed by atoms with van der Waals surface area (Å²) in [4.78, 5) is 30.8. The monoisotopic (exact) mass is 402 g/mol. The maximum Gasteiger partial charge on any atom is 0.253 e. The van der Waals surface area contributed by atoms with Crippen molar-refractivity contribution in [2.75, 3.05) is 13.6 Å². The molecule has 2 aromatic carbocycles. The first-order chi connectivity index (χ1) is 14.4. The Morgan fingerprint density at radius 1 is 1.03 bits per heavy atom. The number of rotatable bonds is 5. The van der Waals surface area contributed by atoms with Crippen molar-refractivity contribution in [3.8, 4) is 0 Å². The van der Waals surface area contributed by atoms with E-state index < -0.39 is 5.54 Å². The van der Waals surface area contributed by atoms with Crippen molar-refractivity contribution in [1.82, 2.24) is 9.80 Å². The molecule has 30 heavy (non-hydrogen) atoms. The smallest absolute Gasteiger partial charge is 0.253 e. The number of hydrogen-bond acceptors (Lipinski definition) is 2. The molecule has 2 unspecified atom stereocenters. The first-order valence-corrected chi connectivity index (χ1v) is 10.9. The zero-order valence-electron chi connectivity index (χ0n) is 18.0. The molecular formula is C26H30N2O2. The number of benzene rings is 2. The summed E-state index contributed by atoms with van der Waals surface area (Å²) in [5, 5.41) is 0. The van der Waals surface area contributed by atoms with Crippen LogP contribution in [-0.2, 0) is 9.59 Å². The van der Waals surface area contributed by atoms with E-state index in [2.05, 4.69) is 44.2 Å². The SMILES string of the molecule is CC(C)CC1(C=C(c2ccccc2)c2ccccc2)C(=O)N2CCCC2C(=O)N1C. The molecule has 0 aliphatic carbocycles. The summed E-state index contributed by atoms with van der Waals surface area (Å²) in [7, 11) is 1.81. The Kier molecular flexibility index (Phi) is 5.50. The molecule has 2 aliphatic rings. The standard InChI is InChI=1S/C26H30N2O2/c1-19(2)17-26(25(30)28-16-10-15-23(28)24(29)27(26)3)18-22(20-11-6-4-7-12-20)21-13-8-5-9-14-21/h4-9,11-14,18-19,23H,10,15-17H2,1-3H3. The molecule has 4 nitrogen and oxygen atoms in total. The minimum Gasteiger partial charge on any atom is -0.328 e. The van der Waals surface area contributed by atoms with E-state index in [0.29, 0.717) is 13.0 Å². The molecule has 4 rings (SSSR count). The van der Waals surface area contributed by atoms with E-state index >= 15 is 0 Å². The lowest BCUT2D eigenvalue weighted by Crippen LogP contribution is -2.68. The summed E-state index contributed by atoms with van der Waals surface area (Å²) in [6, 6.07) is 20.0. The molecule has 2 heterocycles. The quantitative estimate of drug-likeness (QED) is 0.745. The van der Waals surface area contributed by atoms with Gasteiger partial charge in [-0.2, -0.15) is 0 Å². The van der Waals surface area contributed by atoms with Gasteiger partial charge in [0.2, 0.25) is 5.91 Å². The van der Waals surface area contributed by atoms with Crippen LogP contribution < -0.4 is 0 Å². The second-order valence-electron chi connectivity index (χ2n) is 8.87. The van der Waals surface area contributed by atoms with Crippen LogP contribution in [0.1, 0.15) is 44.2 Å². The lowest BCUT2D eigenvalue weighted by Gasteiger charge is -2.49. The first kappa shape index (κ1) is 20.4. The van der Waals surface area contributed by atoms with E-state index in [-0.39, 0.29) is 23.8 Å². The normalized spacial score (nSPS) is 23.7. The second kappa shape index (κ2) is 8.10. The zero-order chi connectivity index (χ0) is 21.3. The van der Waals surface area contributed by atoms with E-state index in [1.165, 1.54) is 0 Å². The third kappa shape index (κ3) is 3.45. The van der Waals surface area contributed by atoms with Gasteiger partial charge < -0.3 is 9.80 Å². The Bertz CT molecular complexity index is 910. The lowest BCUT2D eigenvalue weighted by molar-refractivity contribution is -0.164. The van der Waals surface area contributed by atoms with Crippen LogP contribution in [0.3, 0.4) is 0 Å². The molecule has 2 amide bonds. The lowest BCUT2D eigenvalue weighted by atomic mass is 9.79. The Balaban J connectivity index is 1.93. The van der Waals surface area contributed by atoms with E-state index in [4.69, 9.17) is 0 Å². The maximum atomic E-state index is 13.9. The van der Waals surface area contributed by atoms with E-state index in [1.54, 1.807) is 4.90 Å². The highest BCUT2D eigenvalue weighted by Crippen LogP contribution is 2.39. The predicted octanol–water partition coefficient (Wildman–Crippen LogP) is 4.37. The summed E-state index contributed by atoms with van der Waals surface area (Å²) in [5.74, 6) is 0.377. The van der Waals surface area contributed by atoms with Crippen molar-refractivity contribution in [2.24, 2.45) is 5.92 Å². The second-order valence-corrected chi connectivity index (χ2v) is 8.87. The minimum absolute atomic E-state index is 0.0597. The van der Waals surface area contributed by atoms with Gasteiger partial charge in [-0.3, -0.25) is 9.59 Å². The number of hydrogen-bond donors (Lipinski definition) is 0. The molecule has 0 radical (unpaired) electrons. The van der Waals surface area contributed by atoms with Crippen LogP contribution in [0, 0.1) is 5.92 Å². The van der Waals surface area contributed by atoms with Crippen molar-refractivity contribution >= 4 is 17.4 Å². The number of carbonyl (C=O) groups excluding carboxylic acids is 2. The molecule has 4 heteroatoms. The van der Waals surface area contributed by atoms with Gasteiger partial charge in [0.25, 0.3) is 5.91 Å². The van der Waals surface area contributed by atoms with Crippen LogP contribution in [0.4, 0.5) is 0 Å². The number of carbonyl (C=O) groups is 2. The van der Waals surface area contributed by atoms with Crippen molar-refractivity contribution < 1.29 is 9.59 Å². The molecule has 2 saturated heterocycles. The minimum atomic E-state index is -0.979. The molecule has 2 aromatic rings. The molecule has 156 valence electrons. The Labute approximate surface area is 179 Å². The predicted molar refractivity (Wildman–Crippen MR) is 120 cm³/mol. The summed E-state index contributed by atoms with van der Waals surface area (Å²) in [6.07, 6.45) is 4.31. The summed E-state index contributed by atoms with van der Waals surface area (Å²) in [5.41, 5.74) is 2.10. The van der Waals surface area contributed by atoms with Crippen LogP contribution in [-0.4, -0.2) is 46.8 Å². The average molecular weight is 403 g/mol. The Morgan fingerprint density at radius 2 is 1.60 bits per heavy atom. The van der Waals surface area contributed by atoms with Crippen LogP contribution in [0.5, 0.6) is 0 Å². The van der Waals surface area contributed by atoms with Gasteiger partial charge in [0, 0.05) is 13.6 Å². The number of nitrogens with zero attached hydrogens (tertiary/aromatic N) is 2. The maximum absolute atomic E-state index is 13.9. The van der Waals surface area contributed by atoms with Crippen molar-refractivity contribution in [3.63, 3.8) is 0 Å². The van der Waals surface area contributed by atoms with Crippen molar-refractivity contribution in [2.45, 2.75) is 44.7 Å². The fourth-order valence-electron chi connectivity index (χ4n) is 4.95. The van der Waals surface area contributed by atoms with Crippen molar-refractivity contribution in [1.29, 1.82) is 0 Å². The Hall–Kier alpha value is -2.88. The molecule has 0 spiro atoms. The fourth-order valence-corrected chi connectivity index (χ4v) is 4.95. The zero-order valence-corrected chi connectivity index (χ0v) is 18.0. The van der Waals surface area contributed by atoms with Gasteiger partial charge in [-0.1, -0.05) is 74.5 Å². The third-order valence-electron chi connectivity index (χ3n) is 6.37. The molecule has 2 atom stereocenters. The molecule has 0 N–H and O–H groups in total. The van der Waals surface area contributed by atoms with Gasteiger partial charge in [-0.15, -0.1) is 0 Å². The molecule has 0 saturated carbocycles. The highest BCUT2D eigenvalue weighted by atomic mass is 16.2. The largest absolute Gasteiger partial charge is 0.328 e. The highest BCUT2D eigenvalue weighted by Gasteiger charge is 2.55. The van der Waals surface area contributed by atoms with E-state index in [0.717, 1.165) is 29.5 Å². The van der Waals surface area contributed by atoms with Crippen LogP contribution >= 0.6 is 0 Å². The third-order valence-corrected chi connectivity index (χ3v) is 6.37. The number of likely N-dealkylation sites (N-methyl/N-ethyl adjacent to an activating group) is 1. The van der Waals surface area contributed by atoms with Gasteiger partial charge in [0.05, 0.1) is 0 Å². The average Bonchev–Trinajstić information content (AvgIpc) is 3.25. The van der Waals surface area contributed by atoms with Gasteiger partial charge in [-0.05, 0) is 48.0 Å². The number of fused-ring (bicyclic) bond motifs is 1. The topological polar surface area (TPSA) is 40.6 Å². The molecular weight excluding hydrogens is 372 g/mol. The van der Waals surface area contributed by atoms with E-state index in [1.807, 2.05) is 48.3 Å². The first-order valence-electron chi connectivity index (χ1n) is 10.9. The molecule has 0 aromatic heterocycles. The van der Waals surface area contributed by atoms with Gasteiger partial charge in [0.15, 0.2) is 0 Å². The molecule has 0 bridgehead atoms. The van der Waals surface area contributed by atoms with Crippen LogP contribution in [0.15, 0.2) is 66.7 Å². The summed E-state index contributed by atoms with van der Waals surface area (Å²) < 4.78 is 0. The number of amides is 2.